The summed E-state index contributed by atoms with van der Waals surface area (Å²) in [6.07, 6.45) is 6.85. The zero-order valence-electron chi connectivity index (χ0n) is 15.0. The van der Waals surface area contributed by atoms with Gasteiger partial charge < -0.3 is 19.7 Å². The summed E-state index contributed by atoms with van der Waals surface area (Å²) >= 11 is 0. The van der Waals surface area contributed by atoms with Crippen molar-refractivity contribution in [1.82, 2.24) is 29.7 Å². The van der Waals surface area contributed by atoms with Crippen LogP contribution in [0.2, 0.25) is 0 Å². The fourth-order valence-corrected chi connectivity index (χ4v) is 3.32. The van der Waals surface area contributed by atoms with Gasteiger partial charge >= 0.3 is 0 Å². The molecular formula is C17H25N7O. The second kappa shape index (κ2) is 7.60. The molecule has 3 rings (SSSR count). The van der Waals surface area contributed by atoms with Gasteiger partial charge in [0, 0.05) is 44.1 Å². The second-order valence-electron chi connectivity index (χ2n) is 6.77. The first-order chi connectivity index (χ1) is 12.0. The predicted octanol–water partition coefficient (Wildman–Crippen LogP) is 0.164. The van der Waals surface area contributed by atoms with E-state index in [1.807, 2.05) is 23.8 Å². The van der Waals surface area contributed by atoms with Gasteiger partial charge in [0.05, 0.1) is 6.04 Å². The van der Waals surface area contributed by atoms with Crippen LogP contribution in [0, 0.1) is 12.8 Å². The van der Waals surface area contributed by atoms with E-state index in [1.54, 1.807) is 18.7 Å². The number of carbonyl (C=O) groups excluding carboxylic acids is 1. The van der Waals surface area contributed by atoms with Crippen molar-refractivity contribution >= 4 is 11.7 Å². The molecule has 1 aliphatic heterocycles. The Balaban J connectivity index is 1.66. The zero-order valence-corrected chi connectivity index (χ0v) is 15.0. The maximum absolute atomic E-state index is 12.5. The molecule has 0 radical (unpaired) electrons. The van der Waals surface area contributed by atoms with Gasteiger partial charge in [-0.3, -0.25) is 4.79 Å². The highest BCUT2D eigenvalue weighted by Crippen LogP contribution is 2.22. The van der Waals surface area contributed by atoms with E-state index in [1.165, 1.54) is 0 Å². The lowest BCUT2D eigenvalue weighted by Crippen LogP contribution is -2.44. The second-order valence-corrected chi connectivity index (χ2v) is 6.77. The number of amides is 1. The van der Waals surface area contributed by atoms with Crippen molar-refractivity contribution < 1.29 is 4.79 Å². The molecule has 0 aliphatic carbocycles. The van der Waals surface area contributed by atoms with Crippen LogP contribution >= 0.6 is 0 Å². The van der Waals surface area contributed by atoms with E-state index in [0.717, 1.165) is 31.3 Å². The molecule has 2 aromatic rings. The Labute approximate surface area is 147 Å². The molecule has 0 unspecified atom stereocenters. The largest absolute Gasteiger partial charge is 0.354 e. The van der Waals surface area contributed by atoms with Crippen molar-refractivity contribution in [3.63, 3.8) is 0 Å². The van der Waals surface area contributed by atoms with Crippen LogP contribution in [0.5, 0.6) is 0 Å². The number of rotatable bonds is 6. The Morgan fingerprint density at radius 2 is 2.16 bits per heavy atom. The molecule has 0 bridgehead atoms. The number of hydrogen-bond donors (Lipinski definition) is 1. The lowest BCUT2D eigenvalue weighted by atomic mass is 10.0. The summed E-state index contributed by atoms with van der Waals surface area (Å²) in [5.74, 6) is 2.10. The predicted molar refractivity (Wildman–Crippen MR) is 95.2 cm³/mol. The Bertz CT molecular complexity index is 700. The average molecular weight is 343 g/mol. The van der Waals surface area contributed by atoms with Crippen molar-refractivity contribution in [2.75, 3.05) is 38.6 Å². The smallest absolute Gasteiger partial charge is 0.240 e. The van der Waals surface area contributed by atoms with Crippen molar-refractivity contribution in [3.8, 4) is 0 Å². The molecule has 1 amide bonds. The molecular weight excluding hydrogens is 318 g/mol. The number of imidazole rings is 1. The Kier molecular flexibility index (Phi) is 5.28. The molecule has 0 saturated carbocycles. The third-order valence-corrected chi connectivity index (χ3v) is 4.51. The van der Waals surface area contributed by atoms with Gasteiger partial charge in [-0.1, -0.05) is 0 Å². The van der Waals surface area contributed by atoms with E-state index in [2.05, 4.69) is 44.2 Å². The van der Waals surface area contributed by atoms with Gasteiger partial charge in [-0.15, -0.1) is 0 Å². The van der Waals surface area contributed by atoms with Crippen LogP contribution in [-0.2, 0) is 11.3 Å². The van der Waals surface area contributed by atoms with Gasteiger partial charge in [0.25, 0.3) is 0 Å². The van der Waals surface area contributed by atoms with Crippen LogP contribution < -0.4 is 10.2 Å². The van der Waals surface area contributed by atoms with Crippen molar-refractivity contribution in [1.29, 1.82) is 0 Å². The normalized spacial score (nSPS) is 20.2. The topological polar surface area (TPSA) is 79.2 Å². The van der Waals surface area contributed by atoms with Gasteiger partial charge in [0.2, 0.25) is 5.91 Å². The summed E-state index contributed by atoms with van der Waals surface area (Å²) in [5.41, 5.74) is 0. The van der Waals surface area contributed by atoms with E-state index >= 15 is 0 Å². The van der Waals surface area contributed by atoms with Crippen molar-refractivity contribution in [2.45, 2.75) is 19.5 Å². The number of aryl methyl sites for hydroxylation is 1. The average Bonchev–Trinajstić information content (AvgIpc) is 3.15. The summed E-state index contributed by atoms with van der Waals surface area (Å²) in [6, 6.07) is 2.00. The minimum absolute atomic E-state index is 0.0133. The van der Waals surface area contributed by atoms with Crippen LogP contribution in [0.15, 0.2) is 31.0 Å². The maximum Gasteiger partial charge on any atom is 0.240 e. The molecule has 0 spiro atoms. The Morgan fingerprint density at radius 3 is 2.80 bits per heavy atom. The highest BCUT2D eigenvalue weighted by atomic mass is 16.2. The maximum atomic E-state index is 12.5. The van der Waals surface area contributed by atoms with Crippen LogP contribution in [0.3, 0.4) is 0 Å². The third kappa shape index (κ3) is 4.33. The van der Waals surface area contributed by atoms with E-state index in [4.69, 9.17) is 0 Å². The molecule has 2 aromatic heterocycles. The lowest BCUT2D eigenvalue weighted by Gasteiger charge is -2.22. The summed E-state index contributed by atoms with van der Waals surface area (Å²) in [6.45, 7) is 4.73. The molecule has 3 heterocycles. The number of hydrogen-bond acceptors (Lipinski definition) is 6. The van der Waals surface area contributed by atoms with E-state index in [-0.39, 0.29) is 11.9 Å². The number of anilines is 1. The van der Waals surface area contributed by atoms with Crippen LogP contribution in [-0.4, -0.2) is 70.1 Å². The number of nitrogens with zero attached hydrogens (tertiary/aromatic N) is 6. The van der Waals surface area contributed by atoms with Crippen LogP contribution in [0.25, 0.3) is 0 Å². The summed E-state index contributed by atoms with van der Waals surface area (Å²) in [5, 5.41) is 3.20. The Morgan fingerprint density at radius 1 is 1.32 bits per heavy atom. The Hall–Kier alpha value is -2.48. The summed E-state index contributed by atoms with van der Waals surface area (Å²) in [7, 11) is 4.11. The highest BCUT2D eigenvalue weighted by molar-refractivity contribution is 5.76. The standard InChI is InChI=1S/C17H25N7O/c1-13-19-6-7-23(13)11-17(25)21-15-10-24(9-14(15)8-22(2)3)16-4-5-18-12-20-16/h4-7,12,14-15H,8-11H2,1-3H3,(H,21,25)/t14-,15-/m1/s1. The molecule has 134 valence electrons. The molecule has 25 heavy (non-hydrogen) atoms. The van der Waals surface area contributed by atoms with Gasteiger partial charge in [0.15, 0.2) is 0 Å². The quantitative estimate of drug-likeness (QED) is 0.805. The van der Waals surface area contributed by atoms with E-state index in [9.17, 15) is 4.79 Å². The van der Waals surface area contributed by atoms with E-state index < -0.39 is 0 Å². The highest BCUT2D eigenvalue weighted by Gasteiger charge is 2.34. The van der Waals surface area contributed by atoms with Crippen molar-refractivity contribution in [3.05, 3.63) is 36.8 Å². The molecule has 1 saturated heterocycles. The summed E-state index contributed by atoms with van der Waals surface area (Å²) in [4.78, 5) is 29.3. The fourth-order valence-electron chi connectivity index (χ4n) is 3.32. The van der Waals surface area contributed by atoms with E-state index in [0.29, 0.717) is 12.5 Å². The molecule has 0 aromatic carbocycles. The lowest BCUT2D eigenvalue weighted by molar-refractivity contribution is -0.122. The molecule has 2 atom stereocenters. The zero-order chi connectivity index (χ0) is 17.8. The van der Waals surface area contributed by atoms with Gasteiger partial charge in [-0.05, 0) is 27.1 Å². The first-order valence-electron chi connectivity index (χ1n) is 8.45. The molecule has 8 heteroatoms. The fraction of sp³-hybridized carbons (Fsp3) is 0.529. The minimum atomic E-state index is 0.0133. The van der Waals surface area contributed by atoms with Gasteiger partial charge in [-0.25, -0.2) is 15.0 Å². The van der Waals surface area contributed by atoms with Crippen LogP contribution in [0.1, 0.15) is 5.82 Å². The molecule has 8 nitrogen and oxygen atoms in total. The number of nitrogens with one attached hydrogen (secondary N) is 1. The first kappa shape index (κ1) is 17.3. The third-order valence-electron chi connectivity index (χ3n) is 4.51. The SMILES string of the molecule is Cc1nccn1CC(=O)N[C@@H]1CN(c2ccncn2)C[C@H]1CN(C)C. The molecule has 1 N–H and O–H groups in total. The number of aromatic nitrogens is 4. The summed E-state index contributed by atoms with van der Waals surface area (Å²) < 4.78 is 1.85. The molecule has 1 fully saturated rings. The minimum Gasteiger partial charge on any atom is -0.354 e. The molecule has 1 aliphatic rings. The van der Waals surface area contributed by atoms with Crippen molar-refractivity contribution in [2.24, 2.45) is 5.92 Å². The first-order valence-corrected chi connectivity index (χ1v) is 8.45. The monoisotopic (exact) mass is 343 g/mol. The van der Waals surface area contributed by atoms with Gasteiger partial charge in [-0.2, -0.15) is 0 Å². The van der Waals surface area contributed by atoms with Gasteiger partial charge in [0.1, 0.15) is 24.5 Å². The van der Waals surface area contributed by atoms with Crippen LogP contribution in [0.4, 0.5) is 5.82 Å². The number of carbonyl (C=O) groups is 1.